The molecule has 2 heterocycles. The van der Waals surface area contributed by atoms with Crippen molar-refractivity contribution >= 4 is 11.9 Å². The molecule has 0 aliphatic carbocycles. The fourth-order valence-electron chi connectivity index (χ4n) is 5.67. The van der Waals surface area contributed by atoms with Crippen LogP contribution in [0.5, 0.6) is 0 Å². The van der Waals surface area contributed by atoms with Crippen molar-refractivity contribution in [1.82, 2.24) is 10.4 Å². The summed E-state index contributed by atoms with van der Waals surface area (Å²) in [7, 11) is 0. The Morgan fingerprint density at radius 1 is 0.750 bits per heavy atom. The number of nitrogens with zero attached hydrogens (tertiary/aromatic N) is 1. The van der Waals surface area contributed by atoms with Crippen molar-refractivity contribution in [2.45, 2.75) is 103 Å². The Morgan fingerprint density at radius 2 is 1.12 bits per heavy atom. The molecule has 8 heteroatoms. The van der Waals surface area contributed by atoms with Crippen LogP contribution in [0.15, 0.2) is 0 Å². The Bertz CT molecular complexity index is 639. The molecule has 0 aromatic carbocycles. The molecule has 0 aromatic rings. The van der Waals surface area contributed by atoms with Crippen molar-refractivity contribution in [2.24, 2.45) is 11.8 Å². The van der Waals surface area contributed by atoms with E-state index in [-0.39, 0.29) is 61.3 Å². The van der Waals surface area contributed by atoms with Gasteiger partial charge in [-0.25, -0.2) is 0 Å². The largest absolute Gasteiger partial charge is 0.463 e. The van der Waals surface area contributed by atoms with Gasteiger partial charge in [-0.15, -0.1) is 0 Å². The first-order chi connectivity index (χ1) is 14.5. The van der Waals surface area contributed by atoms with Crippen LogP contribution >= 0.6 is 0 Å². The minimum atomic E-state index is -0.495. The van der Waals surface area contributed by atoms with Gasteiger partial charge in [0, 0.05) is 22.2 Å². The quantitative estimate of drug-likeness (QED) is 0.424. The molecule has 0 aromatic heterocycles. The van der Waals surface area contributed by atoms with Crippen LogP contribution in [0.3, 0.4) is 0 Å². The summed E-state index contributed by atoms with van der Waals surface area (Å²) in [4.78, 5) is 24.9. The number of hydrogen-bond acceptors (Lipinski definition) is 8. The zero-order valence-electron chi connectivity index (χ0n) is 21.2. The highest BCUT2D eigenvalue weighted by Gasteiger charge is 2.47. The second-order valence-electron chi connectivity index (χ2n) is 12.0. The number of piperidine rings is 2. The van der Waals surface area contributed by atoms with Crippen LogP contribution in [-0.2, 0) is 23.8 Å². The number of nitrogens with one attached hydrogen (secondary N) is 1. The molecule has 2 saturated heterocycles. The lowest BCUT2D eigenvalue weighted by Crippen LogP contribution is -2.60. The van der Waals surface area contributed by atoms with Crippen molar-refractivity contribution in [3.8, 4) is 0 Å². The fraction of sp³-hybridized carbons (Fsp3) is 0.917. The summed E-state index contributed by atoms with van der Waals surface area (Å²) in [5.74, 6) is -0.822. The van der Waals surface area contributed by atoms with E-state index in [1.165, 1.54) is 5.06 Å². The molecule has 32 heavy (non-hydrogen) atoms. The number of ether oxygens (including phenoxy) is 3. The van der Waals surface area contributed by atoms with Crippen LogP contribution in [0.2, 0.25) is 0 Å². The summed E-state index contributed by atoms with van der Waals surface area (Å²) in [6, 6.07) is 0. The smallest absolute Gasteiger partial charge is 0.309 e. The standard InChI is InChI=1S/C24H44N2O6/c1-21(2)13-17(14-22(3,4)25-21)19(27)31-11-9-30-10-12-32-20(28)18-15-23(5,6)26(29)24(7,8)16-18/h17-18,25,29H,9-16H2,1-8H3. The van der Waals surface area contributed by atoms with Gasteiger partial charge in [0.2, 0.25) is 0 Å². The molecular formula is C24H44N2O6. The van der Waals surface area contributed by atoms with Gasteiger partial charge < -0.3 is 24.7 Å². The molecule has 2 rings (SSSR count). The number of hydrogen-bond donors (Lipinski definition) is 2. The molecule has 0 saturated carbocycles. The first-order valence-electron chi connectivity index (χ1n) is 11.7. The third-order valence-electron chi connectivity index (χ3n) is 6.44. The lowest BCUT2D eigenvalue weighted by Gasteiger charge is -2.50. The molecule has 2 N–H and O–H groups in total. The molecule has 0 amide bonds. The van der Waals surface area contributed by atoms with Crippen LogP contribution in [-0.4, -0.2) is 70.8 Å². The van der Waals surface area contributed by atoms with E-state index in [0.29, 0.717) is 12.8 Å². The van der Waals surface area contributed by atoms with Gasteiger partial charge in [0.05, 0.1) is 25.0 Å². The van der Waals surface area contributed by atoms with E-state index >= 15 is 0 Å². The van der Waals surface area contributed by atoms with Crippen molar-refractivity contribution < 1.29 is 29.0 Å². The van der Waals surface area contributed by atoms with Gasteiger partial charge in [-0.05, 0) is 81.1 Å². The van der Waals surface area contributed by atoms with Crippen LogP contribution in [0.4, 0.5) is 0 Å². The number of hydroxylamine groups is 2. The van der Waals surface area contributed by atoms with Gasteiger partial charge in [-0.2, -0.15) is 5.06 Å². The Balaban J connectivity index is 1.63. The minimum Gasteiger partial charge on any atom is -0.463 e. The monoisotopic (exact) mass is 456 g/mol. The molecule has 0 unspecified atom stereocenters. The Hall–Kier alpha value is -1.22. The van der Waals surface area contributed by atoms with Crippen molar-refractivity contribution in [3.05, 3.63) is 0 Å². The molecule has 0 atom stereocenters. The highest BCUT2D eigenvalue weighted by molar-refractivity contribution is 5.73. The van der Waals surface area contributed by atoms with Crippen LogP contribution in [0.1, 0.15) is 81.1 Å². The summed E-state index contributed by atoms with van der Waals surface area (Å²) < 4.78 is 16.3. The van der Waals surface area contributed by atoms with E-state index in [1.807, 2.05) is 27.7 Å². The molecule has 186 valence electrons. The van der Waals surface area contributed by atoms with Gasteiger partial charge >= 0.3 is 11.9 Å². The maximum absolute atomic E-state index is 12.5. The highest BCUT2D eigenvalue weighted by atomic mass is 16.6. The maximum Gasteiger partial charge on any atom is 0.309 e. The Morgan fingerprint density at radius 3 is 1.53 bits per heavy atom. The highest BCUT2D eigenvalue weighted by Crippen LogP contribution is 2.40. The van der Waals surface area contributed by atoms with Crippen LogP contribution < -0.4 is 5.32 Å². The predicted molar refractivity (Wildman–Crippen MR) is 121 cm³/mol. The van der Waals surface area contributed by atoms with Gasteiger partial charge in [-0.3, -0.25) is 9.59 Å². The zero-order valence-corrected chi connectivity index (χ0v) is 21.2. The average molecular weight is 457 g/mol. The van der Waals surface area contributed by atoms with Gasteiger partial charge in [-0.1, -0.05) is 0 Å². The molecule has 0 spiro atoms. The van der Waals surface area contributed by atoms with Gasteiger partial charge in [0.25, 0.3) is 0 Å². The lowest BCUT2D eigenvalue weighted by molar-refractivity contribution is -0.252. The molecular weight excluding hydrogens is 412 g/mol. The first kappa shape index (κ1) is 27.0. The fourth-order valence-corrected chi connectivity index (χ4v) is 5.67. The van der Waals surface area contributed by atoms with E-state index in [4.69, 9.17) is 14.2 Å². The number of carbonyl (C=O) groups excluding carboxylic acids is 2. The van der Waals surface area contributed by atoms with Crippen LogP contribution in [0, 0.1) is 11.8 Å². The third-order valence-corrected chi connectivity index (χ3v) is 6.44. The molecule has 8 nitrogen and oxygen atoms in total. The lowest BCUT2D eigenvalue weighted by atomic mass is 9.75. The second kappa shape index (κ2) is 9.95. The normalized spacial score (nSPS) is 25.3. The van der Waals surface area contributed by atoms with E-state index in [9.17, 15) is 14.8 Å². The van der Waals surface area contributed by atoms with Crippen molar-refractivity contribution in [2.75, 3.05) is 26.4 Å². The van der Waals surface area contributed by atoms with Gasteiger partial charge in [0.1, 0.15) is 13.2 Å². The summed E-state index contributed by atoms with van der Waals surface area (Å²) >= 11 is 0. The summed E-state index contributed by atoms with van der Waals surface area (Å²) in [5.41, 5.74) is -1.21. The predicted octanol–water partition coefficient (Wildman–Crippen LogP) is 3.30. The topological polar surface area (TPSA) is 97.3 Å². The Kier molecular flexibility index (Phi) is 8.41. The van der Waals surface area contributed by atoms with Crippen LogP contribution in [0.25, 0.3) is 0 Å². The molecule has 2 fully saturated rings. The minimum absolute atomic E-state index is 0.107. The molecule has 0 radical (unpaired) electrons. The van der Waals surface area contributed by atoms with E-state index in [0.717, 1.165) is 12.8 Å². The Labute approximate surface area is 193 Å². The first-order valence-corrected chi connectivity index (χ1v) is 11.7. The van der Waals surface area contributed by atoms with Gasteiger partial charge in [0.15, 0.2) is 0 Å². The molecule has 2 aliphatic rings. The summed E-state index contributed by atoms with van der Waals surface area (Å²) in [6.07, 6.45) is 2.56. The second-order valence-corrected chi connectivity index (χ2v) is 12.0. The third kappa shape index (κ3) is 7.40. The maximum atomic E-state index is 12.5. The average Bonchev–Trinajstić information content (AvgIpc) is 2.61. The van der Waals surface area contributed by atoms with E-state index in [2.05, 4.69) is 33.0 Å². The number of esters is 2. The summed E-state index contributed by atoms with van der Waals surface area (Å²) in [6.45, 7) is 17.0. The SMILES string of the molecule is CC1(C)CC(C(=O)OCCOCCOC(=O)C2CC(C)(C)N(O)C(C)(C)C2)CC(C)(C)N1. The number of rotatable bonds is 8. The van der Waals surface area contributed by atoms with E-state index in [1.54, 1.807) is 0 Å². The molecule has 0 bridgehead atoms. The molecule has 2 aliphatic heterocycles. The van der Waals surface area contributed by atoms with E-state index < -0.39 is 11.1 Å². The van der Waals surface area contributed by atoms with Crippen molar-refractivity contribution in [1.29, 1.82) is 0 Å². The number of carbonyl (C=O) groups is 2. The van der Waals surface area contributed by atoms with Crippen molar-refractivity contribution in [3.63, 3.8) is 0 Å². The zero-order chi connectivity index (χ0) is 24.4. The summed E-state index contributed by atoms with van der Waals surface area (Å²) in [5, 5.41) is 15.3.